The van der Waals surface area contributed by atoms with Crippen LogP contribution in [0.1, 0.15) is 29.8 Å². The molecule has 3 heterocycles. The summed E-state index contributed by atoms with van der Waals surface area (Å²) in [4.78, 5) is 24.9. The Morgan fingerprint density at radius 1 is 1.03 bits per heavy atom. The van der Waals surface area contributed by atoms with Gasteiger partial charge in [-0.15, -0.1) is 0 Å². The first-order chi connectivity index (χ1) is 14.6. The molecule has 0 aliphatic heterocycles. The number of hydrogen-bond acceptors (Lipinski definition) is 6. The second kappa shape index (κ2) is 9.21. The van der Waals surface area contributed by atoms with E-state index in [0.717, 1.165) is 6.07 Å². The second-order valence-corrected chi connectivity index (χ2v) is 8.63. The fraction of sp³-hybridized carbons (Fsp3) is 0.200. The van der Waals surface area contributed by atoms with Crippen molar-refractivity contribution in [3.05, 3.63) is 66.2 Å². The maximum atomic E-state index is 12.7. The van der Waals surface area contributed by atoms with Gasteiger partial charge in [0.25, 0.3) is 5.91 Å². The Morgan fingerprint density at radius 3 is 2.45 bits per heavy atom. The molecule has 2 N–H and O–H groups in total. The van der Waals surface area contributed by atoms with E-state index in [4.69, 9.17) is 0 Å². The quantitative estimate of drug-likeness (QED) is 0.579. The van der Waals surface area contributed by atoms with Crippen LogP contribution in [0.2, 0.25) is 0 Å². The molecule has 1 atom stereocenters. The Labute approximate surface area is 178 Å². The lowest BCUT2D eigenvalue weighted by molar-refractivity contribution is -0.137. The fourth-order valence-corrected chi connectivity index (χ4v) is 3.53. The number of carbonyl (C=O) groups excluding carboxylic acids is 1. The lowest BCUT2D eigenvalue weighted by atomic mass is 10.2. The van der Waals surface area contributed by atoms with Gasteiger partial charge in [-0.1, -0.05) is 13.8 Å². The number of rotatable bonds is 6. The number of alkyl halides is 3. The van der Waals surface area contributed by atoms with Crippen LogP contribution in [0.15, 0.2) is 60.0 Å². The van der Waals surface area contributed by atoms with E-state index in [1.165, 1.54) is 36.8 Å². The highest BCUT2D eigenvalue weighted by Crippen LogP contribution is 2.29. The molecule has 0 saturated heterocycles. The van der Waals surface area contributed by atoms with Crippen LogP contribution in [-0.2, 0) is 17.0 Å². The zero-order valence-corrected chi connectivity index (χ0v) is 17.3. The van der Waals surface area contributed by atoms with Crippen molar-refractivity contribution in [2.24, 2.45) is 0 Å². The molecule has 0 aromatic carbocycles. The van der Waals surface area contributed by atoms with Crippen molar-refractivity contribution < 1.29 is 22.2 Å². The first-order valence-electron chi connectivity index (χ1n) is 9.07. The van der Waals surface area contributed by atoms with Gasteiger partial charge in [0.2, 0.25) is 0 Å². The molecule has 0 saturated carbocycles. The van der Waals surface area contributed by atoms with Crippen LogP contribution in [0.5, 0.6) is 0 Å². The van der Waals surface area contributed by atoms with E-state index < -0.39 is 28.4 Å². The van der Waals surface area contributed by atoms with Gasteiger partial charge >= 0.3 is 6.18 Å². The van der Waals surface area contributed by atoms with Gasteiger partial charge in [-0.3, -0.25) is 14.0 Å². The van der Waals surface area contributed by atoms with Gasteiger partial charge < -0.3 is 10.6 Å². The van der Waals surface area contributed by atoms with Crippen molar-refractivity contribution in [1.82, 2.24) is 15.0 Å². The molecule has 0 radical (unpaired) electrons. The highest BCUT2D eigenvalue weighted by atomic mass is 32.2. The largest absolute Gasteiger partial charge is 0.417 e. The van der Waals surface area contributed by atoms with Crippen molar-refractivity contribution in [3.8, 4) is 0 Å². The Bertz CT molecular complexity index is 1100. The molecule has 0 bridgehead atoms. The van der Waals surface area contributed by atoms with Gasteiger partial charge in [0, 0.05) is 29.4 Å². The first-order valence-corrected chi connectivity index (χ1v) is 10.3. The van der Waals surface area contributed by atoms with E-state index in [9.17, 15) is 22.2 Å². The van der Waals surface area contributed by atoms with Crippen LogP contribution in [0, 0.1) is 0 Å². The van der Waals surface area contributed by atoms with E-state index in [-0.39, 0.29) is 22.4 Å². The second-order valence-electron chi connectivity index (χ2n) is 6.66. The van der Waals surface area contributed by atoms with E-state index in [1.54, 1.807) is 19.9 Å². The van der Waals surface area contributed by atoms with Crippen LogP contribution in [0.3, 0.4) is 0 Å². The zero-order valence-electron chi connectivity index (χ0n) is 16.5. The molecule has 0 aliphatic rings. The lowest BCUT2D eigenvalue weighted by Gasteiger charge is -2.12. The summed E-state index contributed by atoms with van der Waals surface area (Å²) in [7, 11) is -1.33. The third kappa shape index (κ3) is 5.63. The average Bonchev–Trinajstić information content (AvgIpc) is 2.73. The summed E-state index contributed by atoms with van der Waals surface area (Å²) in [5.41, 5.74) is -0.310. The standard InChI is InChI=1S/C20H18F3N5O2S/c1-12(2)31(30)16-6-7-24-11-15(16)27-19(29)13-5-8-25-18(9-13)28-17-4-3-14(10-26-17)20(21,22)23/h3-12H,1-2H3,(H,27,29)(H,25,26,28). The van der Waals surface area contributed by atoms with E-state index in [2.05, 4.69) is 25.6 Å². The maximum Gasteiger partial charge on any atom is 0.417 e. The molecule has 3 rings (SSSR count). The van der Waals surface area contributed by atoms with Crippen molar-refractivity contribution in [2.45, 2.75) is 30.2 Å². The SMILES string of the molecule is CC(C)S(=O)c1ccncc1NC(=O)c1ccnc(Nc2ccc(C(F)(F)F)cn2)c1. The summed E-state index contributed by atoms with van der Waals surface area (Å²) < 4.78 is 50.4. The third-order valence-corrected chi connectivity index (χ3v) is 5.69. The summed E-state index contributed by atoms with van der Waals surface area (Å²) in [6.45, 7) is 3.61. The Hall–Kier alpha value is -3.34. The van der Waals surface area contributed by atoms with Gasteiger partial charge in [0.05, 0.1) is 33.1 Å². The number of nitrogens with zero attached hydrogens (tertiary/aromatic N) is 3. The van der Waals surface area contributed by atoms with Crippen LogP contribution in [-0.4, -0.2) is 30.3 Å². The Morgan fingerprint density at radius 2 is 1.81 bits per heavy atom. The molecule has 162 valence electrons. The molecule has 7 nitrogen and oxygen atoms in total. The average molecular weight is 449 g/mol. The normalized spacial score (nSPS) is 12.5. The van der Waals surface area contributed by atoms with Crippen LogP contribution in [0.25, 0.3) is 0 Å². The van der Waals surface area contributed by atoms with Gasteiger partial charge in [-0.05, 0) is 30.3 Å². The van der Waals surface area contributed by atoms with Gasteiger partial charge in [-0.2, -0.15) is 13.2 Å². The molecule has 3 aromatic heterocycles. The van der Waals surface area contributed by atoms with Crippen molar-refractivity contribution in [2.75, 3.05) is 10.6 Å². The third-order valence-electron chi connectivity index (χ3n) is 4.04. The monoisotopic (exact) mass is 449 g/mol. The minimum atomic E-state index is -4.48. The number of pyridine rings is 3. The molecule has 0 spiro atoms. The van der Waals surface area contributed by atoms with Crippen molar-refractivity contribution >= 4 is 34.0 Å². The van der Waals surface area contributed by atoms with Gasteiger partial charge in [0.1, 0.15) is 11.6 Å². The Kier molecular flexibility index (Phi) is 6.64. The summed E-state index contributed by atoms with van der Waals surface area (Å²) in [6, 6.07) is 6.53. The molecule has 0 aliphatic carbocycles. The molecular weight excluding hydrogens is 431 g/mol. The lowest BCUT2D eigenvalue weighted by Crippen LogP contribution is -2.16. The molecule has 0 fully saturated rings. The fourth-order valence-electron chi connectivity index (χ4n) is 2.51. The molecule has 3 aromatic rings. The van der Waals surface area contributed by atoms with E-state index in [0.29, 0.717) is 16.8 Å². The van der Waals surface area contributed by atoms with Crippen LogP contribution >= 0.6 is 0 Å². The van der Waals surface area contributed by atoms with Crippen molar-refractivity contribution in [1.29, 1.82) is 0 Å². The minimum absolute atomic E-state index is 0.139. The number of anilines is 3. The summed E-state index contributed by atoms with van der Waals surface area (Å²) in [6.07, 6.45) is 0.512. The minimum Gasteiger partial charge on any atom is -0.325 e. The van der Waals surface area contributed by atoms with Crippen LogP contribution < -0.4 is 10.6 Å². The maximum absolute atomic E-state index is 12.7. The molecule has 1 amide bonds. The first kappa shape index (κ1) is 22.3. The number of amides is 1. The number of nitrogens with one attached hydrogen (secondary N) is 2. The summed E-state index contributed by atoms with van der Waals surface area (Å²) >= 11 is 0. The van der Waals surface area contributed by atoms with Crippen molar-refractivity contribution in [3.63, 3.8) is 0 Å². The highest BCUT2D eigenvalue weighted by Gasteiger charge is 2.30. The molecular formula is C20H18F3N5O2S. The summed E-state index contributed by atoms with van der Waals surface area (Å²) in [5, 5.41) is 5.30. The van der Waals surface area contributed by atoms with Crippen LogP contribution in [0.4, 0.5) is 30.5 Å². The Balaban J connectivity index is 1.76. The predicted molar refractivity (Wildman–Crippen MR) is 110 cm³/mol. The molecule has 11 heteroatoms. The van der Waals surface area contributed by atoms with E-state index >= 15 is 0 Å². The predicted octanol–water partition coefficient (Wildman–Crippen LogP) is 4.40. The number of carbonyl (C=O) groups is 1. The number of halogens is 3. The zero-order chi connectivity index (χ0) is 22.6. The molecule has 1 unspecified atom stereocenters. The van der Waals surface area contributed by atoms with Gasteiger partial charge in [-0.25, -0.2) is 9.97 Å². The topological polar surface area (TPSA) is 96.9 Å². The summed E-state index contributed by atoms with van der Waals surface area (Å²) in [5.74, 6) is -0.127. The van der Waals surface area contributed by atoms with Gasteiger partial charge in [0.15, 0.2) is 0 Å². The number of aromatic nitrogens is 3. The highest BCUT2D eigenvalue weighted by molar-refractivity contribution is 7.85. The molecule has 31 heavy (non-hydrogen) atoms. The smallest absolute Gasteiger partial charge is 0.325 e. The number of hydrogen-bond donors (Lipinski definition) is 2. The van der Waals surface area contributed by atoms with E-state index in [1.807, 2.05) is 0 Å².